The number of rotatable bonds is 3. The number of aliphatic carboxylic acids is 1. The van der Waals surface area contributed by atoms with Gasteiger partial charge in [-0.1, -0.05) is 0 Å². The fraction of sp³-hybridized carbons (Fsp3) is 0.364. The van der Waals surface area contributed by atoms with Crippen molar-refractivity contribution in [2.24, 2.45) is 7.05 Å². The van der Waals surface area contributed by atoms with Crippen LogP contribution in [-0.2, 0) is 17.3 Å². The van der Waals surface area contributed by atoms with Gasteiger partial charge >= 0.3 is 5.97 Å². The number of carbonyl (C=O) groups is 1. The SMILES string of the molecule is Cn1ccc(-c2nc(C(C)(C)C(=O)O)cs2)n1. The molecular formula is C11H13N3O2S. The van der Waals surface area contributed by atoms with Crippen molar-refractivity contribution >= 4 is 17.3 Å². The van der Waals surface area contributed by atoms with Gasteiger partial charge in [0.15, 0.2) is 0 Å². The lowest BCUT2D eigenvalue weighted by Crippen LogP contribution is -2.28. The van der Waals surface area contributed by atoms with Crippen LogP contribution in [0, 0.1) is 0 Å². The fourth-order valence-electron chi connectivity index (χ4n) is 1.32. The summed E-state index contributed by atoms with van der Waals surface area (Å²) < 4.78 is 1.69. The summed E-state index contributed by atoms with van der Waals surface area (Å²) in [4.78, 5) is 15.5. The second-order valence-electron chi connectivity index (χ2n) is 4.34. The van der Waals surface area contributed by atoms with E-state index >= 15 is 0 Å². The lowest BCUT2D eigenvalue weighted by atomic mass is 9.90. The Kier molecular flexibility index (Phi) is 2.74. The number of aryl methyl sites for hydroxylation is 1. The minimum absolute atomic E-state index is 0.565. The summed E-state index contributed by atoms with van der Waals surface area (Å²) in [6, 6.07) is 1.86. The summed E-state index contributed by atoms with van der Waals surface area (Å²) >= 11 is 1.41. The van der Waals surface area contributed by atoms with E-state index in [9.17, 15) is 4.79 Å². The first-order valence-corrected chi connectivity index (χ1v) is 5.98. The van der Waals surface area contributed by atoms with Crippen molar-refractivity contribution in [1.82, 2.24) is 14.8 Å². The summed E-state index contributed by atoms with van der Waals surface area (Å²) in [5.41, 5.74) is 0.365. The highest BCUT2D eigenvalue weighted by molar-refractivity contribution is 7.13. The van der Waals surface area contributed by atoms with Crippen molar-refractivity contribution in [2.75, 3.05) is 0 Å². The number of carboxylic acid groups (broad SMARTS) is 1. The topological polar surface area (TPSA) is 68.0 Å². The number of hydrogen-bond acceptors (Lipinski definition) is 4. The second-order valence-corrected chi connectivity index (χ2v) is 5.20. The molecule has 0 bridgehead atoms. The lowest BCUT2D eigenvalue weighted by molar-refractivity contribution is -0.142. The van der Waals surface area contributed by atoms with Gasteiger partial charge in [0.05, 0.1) is 5.69 Å². The Morgan fingerprint density at radius 1 is 1.53 bits per heavy atom. The lowest BCUT2D eigenvalue weighted by Gasteiger charge is -2.15. The van der Waals surface area contributed by atoms with Crippen LogP contribution in [0.5, 0.6) is 0 Å². The molecule has 6 heteroatoms. The molecule has 2 heterocycles. The molecule has 90 valence electrons. The molecule has 0 atom stereocenters. The average molecular weight is 251 g/mol. The Morgan fingerprint density at radius 3 is 2.76 bits per heavy atom. The van der Waals surface area contributed by atoms with Crippen LogP contribution < -0.4 is 0 Å². The standard InChI is InChI=1S/C11H13N3O2S/c1-11(2,10(15)16)8-6-17-9(12-8)7-4-5-14(3)13-7/h4-6H,1-3H3,(H,15,16). The number of nitrogens with zero attached hydrogens (tertiary/aromatic N) is 3. The zero-order chi connectivity index (χ0) is 12.6. The Hall–Kier alpha value is -1.69. The van der Waals surface area contributed by atoms with Gasteiger partial charge in [-0.15, -0.1) is 11.3 Å². The molecular weight excluding hydrogens is 238 g/mol. The van der Waals surface area contributed by atoms with Crippen molar-refractivity contribution in [3.63, 3.8) is 0 Å². The van der Waals surface area contributed by atoms with E-state index in [1.165, 1.54) is 11.3 Å². The molecule has 0 amide bonds. The van der Waals surface area contributed by atoms with E-state index in [1.807, 2.05) is 19.3 Å². The Labute approximate surface area is 103 Å². The van der Waals surface area contributed by atoms with E-state index in [0.29, 0.717) is 5.69 Å². The highest BCUT2D eigenvalue weighted by atomic mass is 32.1. The molecule has 0 aliphatic carbocycles. The molecule has 5 nitrogen and oxygen atoms in total. The molecule has 0 aliphatic heterocycles. The maximum absolute atomic E-state index is 11.1. The highest BCUT2D eigenvalue weighted by Gasteiger charge is 2.32. The van der Waals surface area contributed by atoms with Gasteiger partial charge in [-0.05, 0) is 19.9 Å². The van der Waals surface area contributed by atoms with Crippen LogP contribution in [0.3, 0.4) is 0 Å². The summed E-state index contributed by atoms with van der Waals surface area (Å²) in [7, 11) is 1.83. The Bertz CT molecular complexity index is 557. The summed E-state index contributed by atoms with van der Waals surface area (Å²) in [6.45, 7) is 3.29. The molecule has 0 fully saturated rings. The van der Waals surface area contributed by atoms with Gasteiger partial charge < -0.3 is 5.11 Å². The average Bonchev–Trinajstić information content (AvgIpc) is 2.85. The highest BCUT2D eigenvalue weighted by Crippen LogP contribution is 2.29. The molecule has 0 unspecified atom stereocenters. The molecule has 17 heavy (non-hydrogen) atoms. The van der Waals surface area contributed by atoms with Crippen molar-refractivity contribution in [3.05, 3.63) is 23.3 Å². The minimum atomic E-state index is -0.969. The van der Waals surface area contributed by atoms with Crippen LogP contribution in [0.2, 0.25) is 0 Å². The van der Waals surface area contributed by atoms with Gasteiger partial charge in [-0.2, -0.15) is 5.10 Å². The molecule has 2 aromatic rings. The van der Waals surface area contributed by atoms with Gasteiger partial charge in [0.2, 0.25) is 0 Å². The maximum Gasteiger partial charge on any atom is 0.315 e. The van der Waals surface area contributed by atoms with Crippen LogP contribution >= 0.6 is 11.3 Å². The number of aromatic nitrogens is 3. The van der Waals surface area contributed by atoms with Gasteiger partial charge in [0, 0.05) is 18.6 Å². The molecule has 2 aromatic heterocycles. The monoisotopic (exact) mass is 251 g/mol. The van der Waals surface area contributed by atoms with Crippen molar-refractivity contribution in [1.29, 1.82) is 0 Å². The van der Waals surface area contributed by atoms with Crippen molar-refractivity contribution in [2.45, 2.75) is 19.3 Å². The van der Waals surface area contributed by atoms with Crippen LogP contribution in [0.25, 0.3) is 10.7 Å². The molecule has 2 rings (SSSR count). The number of carboxylic acids is 1. The summed E-state index contributed by atoms with van der Waals surface area (Å²) in [5.74, 6) is -0.879. The third-order valence-electron chi connectivity index (χ3n) is 2.61. The molecule has 0 radical (unpaired) electrons. The first-order chi connectivity index (χ1) is 7.91. The van der Waals surface area contributed by atoms with E-state index < -0.39 is 11.4 Å². The first-order valence-electron chi connectivity index (χ1n) is 5.10. The van der Waals surface area contributed by atoms with E-state index in [4.69, 9.17) is 5.11 Å². The number of thiazole rings is 1. The first kappa shape index (κ1) is 11.8. The molecule has 0 saturated carbocycles. The van der Waals surface area contributed by atoms with Crippen molar-refractivity contribution in [3.8, 4) is 10.7 Å². The van der Waals surface area contributed by atoms with Gasteiger partial charge in [-0.3, -0.25) is 9.48 Å². The van der Waals surface area contributed by atoms with E-state index in [0.717, 1.165) is 10.7 Å². The zero-order valence-electron chi connectivity index (χ0n) is 9.84. The van der Waals surface area contributed by atoms with Crippen LogP contribution in [-0.4, -0.2) is 25.8 Å². The Balaban J connectivity index is 2.37. The summed E-state index contributed by atoms with van der Waals surface area (Å²) in [5, 5.41) is 15.9. The Morgan fingerprint density at radius 2 is 2.24 bits per heavy atom. The maximum atomic E-state index is 11.1. The second kappa shape index (κ2) is 3.96. The van der Waals surface area contributed by atoms with Gasteiger partial charge in [-0.25, -0.2) is 4.98 Å². The molecule has 1 N–H and O–H groups in total. The predicted octanol–water partition coefficient (Wildman–Crippen LogP) is 1.91. The normalized spacial score (nSPS) is 11.7. The predicted molar refractivity (Wildman–Crippen MR) is 65.0 cm³/mol. The third-order valence-corrected chi connectivity index (χ3v) is 3.48. The van der Waals surface area contributed by atoms with Gasteiger partial charge in [0.1, 0.15) is 16.1 Å². The van der Waals surface area contributed by atoms with Crippen LogP contribution in [0.15, 0.2) is 17.6 Å². The van der Waals surface area contributed by atoms with Crippen LogP contribution in [0.4, 0.5) is 0 Å². The van der Waals surface area contributed by atoms with E-state index in [1.54, 1.807) is 23.9 Å². The largest absolute Gasteiger partial charge is 0.481 e. The van der Waals surface area contributed by atoms with Crippen molar-refractivity contribution < 1.29 is 9.90 Å². The summed E-state index contributed by atoms with van der Waals surface area (Å²) in [6.07, 6.45) is 1.83. The molecule has 0 saturated heterocycles. The minimum Gasteiger partial charge on any atom is -0.481 e. The fourth-order valence-corrected chi connectivity index (χ4v) is 2.27. The molecule has 0 aliphatic rings. The van der Waals surface area contributed by atoms with E-state index in [2.05, 4.69) is 10.1 Å². The van der Waals surface area contributed by atoms with Gasteiger partial charge in [0.25, 0.3) is 0 Å². The zero-order valence-corrected chi connectivity index (χ0v) is 10.7. The third kappa shape index (κ3) is 2.08. The quantitative estimate of drug-likeness (QED) is 0.904. The molecule has 0 spiro atoms. The van der Waals surface area contributed by atoms with E-state index in [-0.39, 0.29) is 0 Å². The van der Waals surface area contributed by atoms with Crippen LogP contribution in [0.1, 0.15) is 19.5 Å². The number of hydrogen-bond donors (Lipinski definition) is 1. The molecule has 0 aromatic carbocycles. The smallest absolute Gasteiger partial charge is 0.315 e.